The number of ether oxygens (including phenoxy) is 1. The van der Waals surface area contributed by atoms with Crippen LogP contribution in [0, 0.1) is 0 Å². The van der Waals surface area contributed by atoms with Gasteiger partial charge < -0.3 is 10.5 Å². The summed E-state index contributed by atoms with van der Waals surface area (Å²) in [5, 5.41) is 1.42. The Kier molecular flexibility index (Phi) is 5.13. The molecule has 2 rings (SSSR count). The summed E-state index contributed by atoms with van der Waals surface area (Å²) >= 11 is 12.2. The minimum absolute atomic E-state index is 0.0474. The van der Waals surface area contributed by atoms with E-state index in [0.717, 1.165) is 23.4 Å². The molecule has 1 aliphatic rings. The fourth-order valence-electron chi connectivity index (χ4n) is 3.00. The maximum Gasteiger partial charge on any atom is 0.0832 e. The van der Waals surface area contributed by atoms with Crippen molar-refractivity contribution in [3.05, 3.63) is 33.8 Å². The van der Waals surface area contributed by atoms with Gasteiger partial charge in [-0.25, -0.2) is 0 Å². The summed E-state index contributed by atoms with van der Waals surface area (Å²) in [6.45, 7) is 0. The quantitative estimate of drug-likeness (QED) is 0.904. The highest BCUT2D eigenvalue weighted by Gasteiger charge is 2.38. The standard InChI is InChI=1S/C15H21Cl2NO/c1-19-15(7-3-2-4-8-15)14(18)10-11-9-12(16)5-6-13(11)17/h5-6,9,14H,2-4,7-8,10,18H2,1H3. The van der Waals surface area contributed by atoms with Crippen LogP contribution in [0.4, 0.5) is 0 Å². The Morgan fingerprint density at radius 1 is 1.26 bits per heavy atom. The van der Waals surface area contributed by atoms with Crippen molar-refractivity contribution in [3.8, 4) is 0 Å². The Morgan fingerprint density at radius 3 is 2.58 bits per heavy atom. The van der Waals surface area contributed by atoms with Crippen molar-refractivity contribution in [1.29, 1.82) is 0 Å². The molecule has 0 saturated heterocycles. The summed E-state index contributed by atoms with van der Waals surface area (Å²) in [7, 11) is 1.77. The molecule has 19 heavy (non-hydrogen) atoms. The van der Waals surface area contributed by atoms with Gasteiger partial charge in [0.2, 0.25) is 0 Å². The second kappa shape index (κ2) is 6.45. The minimum Gasteiger partial charge on any atom is -0.377 e. The monoisotopic (exact) mass is 301 g/mol. The third-order valence-electron chi connectivity index (χ3n) is 4.23. The van der Waals surface area contributed by atoms with Gasteiger partial charge >= 0.3 is 0 Å². The van der Waals surface area contributed by atoms with Crippen LogP contribution in [0.2, 0.25) is 10.0 Å². The lowest BCUT2D eigenvalue weighted by molar-refractivity contribution is -0.0582. The maximum absolute atomic E-state index is 6.42. The van der Waals surface area contributed by atoms with Crippen LogP contribution in [0.3, 0.4) is 0 Å². The van der Waals surface area contributed by atoms with Gasteiger partial charge in [-0.05, 0) is 43.0 Å². The minimum atomic E-state index is -0.204. The molecule has 1 atom stereocenters. The molecule has 0 spiro atoms. The first-order chi connectivity index (χ1) is 9.07. The molecule has 1 saturated carbocycles. The summed E-state index contributed by atoms with van der Waals surface area (Å²) in [6, 6.07) is 5.47. The Morgan fingerprint density at radius 2 is 1.95 bits per heavy atom. The molecule has 1 unspecified atom stereocenters. The number of halogens is 2. The first-order valence-corrected chi connectivity index (χ1v) is 7.58. The SMILES string of the molecule is COC1(C(N)Cc2cc(Cl)ccc2Cl)CCCCC1. The normalized spacial score (nSPS) is 20.2. The van der Waals surface area contributed by atoms with Crippen LogP contribution in [0.1, 0.15) is 37.7 Å². The van der Waals surface area contributed by atoms with Crippen LogP contribution in [0.25, 0.3) is 0 Å². The van der Waals surface area contributed by atoms with Crippen LogP contribution < -0.4 is 5.73 Å². The molecule has 0 amide bonds. The molecule has 4 heteroatoms. The summed E-state index contributed by atoms with van der Waals surface area (Å²) < 4.78 is 5.78. The highest BCUT2D eigenvalue weighted by Crippen LogP contribution is 2.35. The molecule has 106 valence electrons. The predicted molar refractivity (Wildman–Crippen MR) is 81.0 cm³/mol. The van der Waals surface area contributed by atoms with E-state index in [4.69, 9.17) is 33.7 Å². The Bertz CT molecular complexity index is 430. The molecule has 0 radical (unpaired) electrons. The van der Waals surface area contributed by atoms with Crippen LogP contribution in [-0.4, -0.2) is 18.8 Å². The summed E-state index contributed by atoms with van der Waals surface area (Å²) in [4.78, 5) is 0. The van der Waals surface area contributed by atoms with Gasteiger partial charge in [-0.1, -0.05) is 42.5 Å². The summed E-state index contributed by atoms with van der Waals surface area (Å²) in [6.07, 6.45) is 6.41. The zero-order valence-corrected chi connectivity index (χ0v) is 12.8. The highest BCUT2D eigenvalue weighted by molar-refractivity contribution is 6.33. The van der Waals surface area contributed by atoms with Crippen molar-refractivity contribution in [2.75, 3.05) is 7.11 Å². The largest absolute Gasteiger partial charge is 0.377 e. The number of benzene rings is 1. The molecule has 0 heterocycles. The van der Waals surface area contributed by atoms with Crippen LogP contribution in [0.5, 0.6) is 0 Å². The van der Waals surface area contributed by atoms with Gasteiger partial charge in [-0.2, -0.15) is 0 Å². The molecule has 1 fully saturated rings. The van der Waals surface area contributed by atoms with Gasteiger partial charge in [0.1, 0.15) is 0 Å². The molecule has 0 aromatic heterocycles. The van der Waals surface area contributed by atoms with Gasteiger partial charge in [0, 0.05) is 23.2 Å². The number of hydrogen-bond acceptors (Lipinski definition) is 2. The third kappa shape index (κ3) is 3.43. The molecule has 1 aromatic carbocycles. The second-order valence-electron chi connectivity index (χ2n) is 5.38. The van der Waals surface area contributed by atoms with Gasteiger partial charge in [0.05, 0.1) is 5.60 Å². The third-order valence-corrected chi connectivity index (χ3v) is 4.83. The van der Waals surface area contributed by atoms with Crippen molar-refractivity contribution in [2.24, 2.45) is 5.73 Å². The molecule has 0 aliphatic heterocycles. The van der Waals surface area contributed by atoms with E-state index in [1.807, 2.05) is 12.1 Å². The van der Waals surface area contributed by atoms with Gasteiger partial charge in [-0.15, -0.1) is 0 Å². The van der Waals surface area contributed by atoms with E-state index in [9.17, 15) is 0 Å². The number of hydrogen-bond donors (Lipinski definition) is 1. The van der Waals surface area contributed by atoms with Crippen molar-refractivity contribution in [1.82, 2.24) is 0 Å². The van der Waals surface area contributed by atoms with Crippen LogP contribution in [0.15, 0.2) is 18.2 Å². The lowest BCUT2D eigenvalue weighted by Gasteiger charge is -2.41. The smallest absolute Gasteiger partial charge is 0.0832 e. The molecule has 2 N–H and O–H groups in total. The zero-order chi connectivity index (χ0) is 13.9. The lowest BCUT2D eigenvalue weighted by Crippen LogP contribution is -2.51. The van der Waals surface area contributed by atoms with Crippen LogP contribution >= 0.6 is 23.2 Å². The Hall–Kier alpha value is -0.280. The molecular formula is C15H21Cl2NO. The number of rotatable bonds is 4. The fourth-order valence-corrected chi connectivity index (χ4v) is 3.39. The van der Waals surface area contributed by atoms with Gasteiger partial charge in [0.25, 0.3) is 0 Å². The number of nitrogens with two attached hydrogens (primary N) is 1. The average Bonchev–Trinajstić information content (AvgIpc) is 2.43. The van der Waals surface area contributed by atoms with E-state index < -0.39 is 0 Å². The molecule has 1 aromatic rings. The first-order valence-electron chi connectivity index (χ1n) is 6.82. The van der Waals surface area contributed by atoms with Crippen LogP contribution in [-0.2, 0) is 11.2 Å². The van der Waals surface area contributed by atoms with E-state index in [1.165, 1.54) is 19.3 Å². The molecule has 1 aliphatic carbocycles. The second-order valence-corrected chi connectivity index (χ2v) is 6.22. The van der Waals surface area contributed by atoms with E-state index in [1.54, 1.807) is 13.2 Å². The van der Waals surface area contributed by atoms with Crippen molar-refractivity contribution in [3.63, 3.8) is 0 Å². The number of methoxy groups -OCH3 is 1. The van der Waals surface area contributed by atoms with E-state index >= 15 is 0 Å². The lowest BCUT2D eigenvalue weighted by atomic mass is 9.77. The first kappa shape index (κ1) is 15.1. The van der Waals surface area contributed by atoms with Gasteiger partial charge in [0.15, 0.2) is 0 Å². The van der Waals surface area contributed by atoms with E-state index in [2.05, 4.69) is 0 Å². The molecule has 0 bridgehead atoms. The summed E-state index contributed by atoms with van der Waals surface area (Å²) in [5.74, 6) is 0. The Balaban J connectivity index is 2.14. The van der Waals surface area contributed by atoms with Gasteiger partial charge in [-0.3, -0.25) is 0 Å². The average molecular weight is 302 g/mol. The van der Waals surface area contributed by atoms with E-state index in [0.29, 0.717) is 11.4 Å². The van der Waals surface area contributed by atoms with Crippen molar-refractivity contribution in [2.45, 2.75) is 50.2 Å². The van der Waals surface area contributed by atoms with Crippen molar-refractivity contribution < 1.29 is 4.74 Å². The summed E-state index contributed by atoms with van der Waals surface area (Å²) in [5.41, 5.74) is 7.22. The Labute approximate surface area is 125 Å². The highest BCUT2D eigenvalue weighted by atomic mass is 35.5. The van der Waals surface area contributed by atoms with Crippen molar-refractivity contribution >= 4 is 23.2 Å². The molecular weight excluding hydrogens is 281 g/mol. The zero-order valence-electron chi connectivity index (χ0n) is 11.3. The van der Waals surface area contributed by atoms with E-state index in [-0.39, 0.29) is 11.6 Å². The maximum atomic E-state index is 6.42. The fraction of sp³-hybridized carbons (Fsp3) is 0.600. The predicted octanol–water partition coefficient (Wildman–Crippen LogP) is 4.21. The topological polar surface area (TPSA) is 35.2 Å². The molecule has 2 nitrogen and oxygen atoms in total.